The van der Waals surface area contributed by atoms with E-state index in [2.05, 4.69) is 21.2 Å². The zero-order valence-electron chi connectivity index (χ0n) is 9.40. The Balaban J connectivity index is 2.10. The van der Waals surface area contributed by atoms with E-state index in [-0.39, 0.29) is 11.9 Å². The molecule has 0 radical (unpaired) electrons. The minimum Gasteiger partial charge on any atom is -0.344 e. The fourth-order valence-electron chi connectivity index (χ4n) is 1.56. The lowest BCUT2D eigenvalue weighted by molar-refractivity contribution is 0.0945. The first-order chi connectivity index (χ1) is 8.70. The van der Waals surface area contributed by atoms with E-state index in [4.69, 9.17) is 11.6 Å². The van der Waals surface area contributed by atoms with Crippen molar-refractivity contribution in [2.75, 3.05) is 5.33 Å². The molecule has 1 unspecified atom stereocenters. The normalized spacial score (nSPS) is 12.1. The number of halogens is 2. The van der Waals surface area contributed by atoms with Gasteiger partial charge in [0.2, 0.25) is 0 Å². The van der Waals surface area contributed by atoms with Gasteiger partial charge in [0.25, 0.3) is 5.91 Å². The monoisotopic (exact) mass is 343 g/mol. The molecule has 1 atom stereocenters. The van der Waals surface area contributed by atoms with Crippen molar-refractivity contribution in [2.45, 2.75) is 6.04 Å². The number of hydrogen-bond acceptors (Lipinski definition) is 2. The molecule has 2 nitrogen and oxygen atoms in total. The highest BCUT2D eigenvalue weighted by atomic mass is 79.9. The van der Waals surface area contributed by atoms with Crippen LogP contribution in [0.25, 0.3) is 0 Å². The molecule has 0 aliphatic rings. The van der Waals surface area contributed by atoms with Gasteiger partial charge in [-0.1, -0.05) is 57.9 Å². The third-order valence-electron chi connectivity index (χ3n) is 2.46. The van der Waals surface area contributed by atoms with Crippen molar-refractivity contribution in [2.24, 2.45) is 0 Å². The summed E-state index contributed by atoms with van der Waals surface area (Å²) in [6, 6.07) is 13.3. The minimum atomic E-state index is -0.0970. The minimum absolute atomic E-state index is 0.0421. The van der Waals surface area contributed by atoms with Crippen molar-refractivity contribution < 1.29 is 4.79 Å². The molecule has 1 heterocycles. The molecule has 2 aromatic rings. The summed E-state index contributed by atoms with van der Waals surface area (Å²) in [5.74, 6) is -0.0970. The second-order valence-corrected chi connectivity index (χ2v) is 6.06. The Hall–Kier alpha value is -0.840. The van der Waals surface area contributed by atoms with Gasteiger partial charge in [0.1, 0.15) is 0 Å². The Morgan fingerprint density at radius 1 is 1.28 bits per heavy atom. The number of amides is 1. The molecule has 1 amide bonds. The molecular weight excluding hydrogens is 334 g/mol. The number of benzene rings is 1. The third kappa shape index (κ3) is 3.34. The van der Waals surface area contributed by atoms with Crippen molar-refractivity contribution >= 4 is 44.8 Å². The van der Waals surface area contributed by atoms with Crippen LogP contribution in [0, 0.1) is 0 Å². The van der Waals surface area contributed by atoms with E-state index in [1.54, 1.807) is 12.1 Å². The van der Waals surface area contributed by atoms with Crippen LogP contribution in [-0.2, 0) is 0 Å². The molecule has 0 saturated heterocycles. The second-order valence-electron chi connectivity index (χ2n) is 3.69. The first kappa shape index (κ1) is 13.6. The standard InChI is InChI=1S/C13H11BrClNOS/c14-8-10(9-4-2-1-3-5-9)16-13(17)11-6-7-12(15)18-11/h1-7,10H,8H2,(H,16,17). The maximum absolute atomic E-state index is 12.0. The number of carbonyl (C=O) groups is 1. The largest absolute Gasteiger partial charge is 0.344 e. The summed E-state index contributed by atoms with van der Waals surface area (Å²) in [5, 5.41) is 3.65. The quantitative estimate of drug-likeness (QED) is 0.825. The van der Waals surface area contributed by atoms with Gasteiger partial charge in [0.15, 0.2) is 0 Å². The van der Waals surface area contributed by atoms with Crippen LogP contribution >= 0.6 is 38.9 Å². The van der Waals surface area contributed by atoms with E-state index in [9.17, 15) is 4.79 Å². The lowest BCUT2D eigenvalue weighted by Gasteiger charge is -2.16. The first-order valence-electron chi connectivity index (χ1n) is 5.38. The van der Waals surface area contributed by atoms with Crippen LogP contribution in [0.1, 0.15) is 21.3 Å². The molecule has 0 saturated carbocycles. The topological polar surface area (TPSA) is 29.1 Å². The van der Waals surface area contributed by atoms with Gasteiger partial charge >= 0.3 is 0 Å². The molecule has 0 aliphatic heterocycles. The number of nitrogens with one attached hydrogen (secondary N) is 1. The van der Waals surface area contributed by atoms with Gasteiger partial charge in [-0.25, -0.2) is 0 Å². The zero-order valence-corrected chi connectivity index (χ0v) is 12.6. The van der Waals surface area contributed by atoms with Gasteiger partial charge in [-0.2, -0.15) is 0 Å². The van der Waals surface area contributed by atoms with Crippen molar-refractivity contribution in [1.82, 2.24) is 5.32 Å². The molecule has 94 valence electrons. The predicted molar refractivity (Wildman–Crippen MR) is 79.8 cm³/mol. The summed E-state index contributed by atoms with van der Waals surface area (Å²) in [5.41, 5.74) is 1.07. The second kappa shape index (κ2) is 6.36. The summed E-state index contributed by atoms with van der Waals surface area (Å²) < 4.78 is 0.621. The number of rotatable bonds is 4. The molecule has 2 rings (SSSR count). The fourth-order valence-corrected chi connectivity index (χ4v) is 3.04. The van der Waals surface area contributed by atoms with E-state index in [1.807, 2.05) is 30.3 Å². The Morgan fingerprint density at radius 2 is 2.00 bits per heavy atom. The highest BCUT2D eigenvalue weighted by molar-refractivity contribution is 9.09. The van der Waals surface area contributed by atoms with Gasteiger partial charge in [-0.15, -0.1) is 11.3 Å². The van der Waals surface area contributed by atoms with E-state index < -0.39 is 0 Å². The summed E-state index contributed by atoms with van der Waals surface area (Å²) in [7, 11) is 0. The van der Waals surface area contributed by atoms with Gasteiger partial charge in [-0.3, -0.25) is 4.79 Å². The van der Waals surface area contributed by atoms with Crippen LogP contribution in [0.15, 0.2) is 42.5 Å². The van der Waals surface area contributed by atoms with Crippen molar-refractivity contribution in [3.05, 3.63) is 57.2 Å². The Kier molecular flexibility index (Phi) is 4.80. The zero-order chi connectivity index (χ0) is 13.0. The average Bonchev–Trinajstić information content (AvgIpc) is 2.83. The summed E-state index contributed by atoms with van der Waals surface area (Å²) in [6.45, 7) is 0. The van der Waals surface area contributed by atoms with E-state index in [0.717, 1.165) is 5.56 Å². The smallest absolute Gasteiger partial charge is 0.261 e. The van der Waals surface area contributed by atoms with Crippen LogP contribution in [0.2, 0.25) is 4.34 Å². The lowest BCUT2D eigenvalue weighted by atomic mass is 10.1. The van der Waals surface area contributed by atoms with Crippen LogP contribution in [0.4, 0.5) is 0 Å². The number of alkyl halides is 1. The molecule has 0 aliphatic carbocycles. The Bertz CT molecular complexity index is 529. The highest BCUT2D eigenvalue weighted by Crippen LogP contribution is 2.22. The van der Waals surface area contributed by atoms with Gasteiger partial charge in [0, 0.05) is 5.33 Å². The maximum Gasteiger partial charge on any atom is 0.261 e. The van der Waals surface area contributed by atoms with Crippen molar-refractivity contribution in [1.29, 1.82) is 0 Å². The van der Waals surface area contributed by atoms with E-state index in [0.29, 0.717) is 14.5 Å². The summed E-state index contributed by atoms with van der Waals surface area (Å²) in [4.78, 5) is 12.6. The van der Waals surface area contributed by atoms with E-state index in [1.165, 1.54) is 11.3 Å². The molecule has 1 N–H and O–H groups in total. The van der Waals surface area contributed by atoms with Gasteiger partial charge in [-0.05, 0) is 17.7 Å². The average molecular weight is 345 g/mol. The fraction of sp³-hybridized carbons (Fsp3) is 0.154. The maximum atomic E-state index is 12.0. The predicted octanol–water partition coefficient (Wildman–Crippen LogP) is 4.27. The molecular formula is C13H11BrClNOS. The lowest BCUT2D eigenvalue weighted by Crippen LogP contribution is -2.28. The van der Waals surface area contributed by atoms with Gasteiger partial charge < -0.3 is 5.32 Å². The molecule has 0 bridgehead atoms. The van der Waals surface area contributed by atoms with Crippen molar-refractivity contribution in [3.63, 3.8) is 0 Å². The summed E-state index contributed by atoms with van der Waals surface area (Å²) >= 11 is 10.5. The molecule has 0 fully saturated rings. The molecule has 1 aromatic heterocycles. The number of carbonyl (C=O) groups excluding carboxylic acids is 1. The highest BCUT2D eigenvalue weighted by Gasteiger charge is 2.15. The van der Waals surface area contributed by atoms with Gasteiger partial charge in [0.05, 0.1) is 15.3 Å². The molecule has 1 aromatic carbocycles. The van der Waals surface area contributed by atoms with Crippen LogP contribution in [0.5, 0.6) is 0 Å². The van der Waals surface area contributed by atoms with Crippen molar-refractivity contribution in [3.8, 4) is 0 Å². The van der Waals surface area contributed by atoms with Crippen LogP contribution in [0.3, 0.4) is 0 Å². The summed E-state index contributed by atoms with van der Waals surface area (Å²) in [6.07, 6.45) is 0. The number of hydrogen-bond donors (Lipinski definition) is 1. The SMILES string of the molecule is O=C(NC(CBr)c1ccccc1)c1ccc(Cl)s1. The molecule has 0 spiro atoms. The van der Waals surface area contributed by atoms with E-state index >= 15 is 0 Å². The number of thiophene rings is 1. The Morgan fingerprint density at radius 3 is 2.56 bits per heavy atom. The molecule has 18 heavy (non-hydrogen) atoms. The van der Waals surface area contributed by atoms with Crippen LogP contribution < -0.4 is 5.32 Å². The first-order valence-corrected chi connectivity index (χ1v) is 7.69. The molecule has 5 heteroatoms. The Labute approximate surface area is 123 Å². The third-order valence-corrected chi connectivity index (χ3v) is 4.34. The van der Waals surface area contributed by atoms with Crippen LogP contribution in [-0.4, -0.2) is 11.2 Å².